The average molecular weight is 349 g/mol. The fraction of sp³-hybridized carbons (Fsp3) is 0.471. The molecule has 0 aromatic heterocycles. The van der Waals surface area contributed by atoms with E-state index in [1.54, 1.807) is 39.0 Å². The number of carbonyl (C=O) groups is 2. The molecule has 0 bridgehead atoms. The summed E-state index contributed by atoms with van der Waals surface area (Å²) in [6.07, 6.45) is -0.535. The summed E-state index contributed by atoms with van der Waals surface area (Å²) in [5.74, 6) is 0.0899. The molecule has 0 aliphatic carbocycles. The van der Waals surface area contributed by atoms with E-state index in [-0.39, 0.29) is 12.5 Å². The van der Waals surface area contributed by atoms with Crippen LogP contribution in [-0.2, 0) is 16.1 Å². The number of amides is 2. The van der Waals surface area contributed by atoms with Gasteiger partial charge in [-0.05, 0) is 51.5 Å². The summed E-state index contributed by atoms with van der Waals surface area (Å²) in [6.45, 7) is 9.41. The number of hydrogen-bond donors (Lipinski definition) is 4. The molecule has 0 unspecified atom stereocenters. The number of nitrogens with zero attached hydrogens (tertiary/aromatic N) is 1. The van der Waals surface area contributed by atoms with Gasteiger partial charge in [-0.3, -0.25) is 9.79 Å². The fourth-order valence-corrected chi connectivity index (χ4v) is 1.97. The van der Waals surface area contributed by atoms with Crippen LogP contribution in [0.3, 0.4) is 0 Å². The van der Waals surface area contributed by atoms with Crippen LogP contribution in [0.4, 0.5) is 16.2 Å². The minimum atomic E-state index is -0.584. The number of anilines is 2. The molecule has 8 heteroatoms. The van der Waals surface area contributed by atoms with Gasteiger partial charge in [-0.25, -0.2) is 4.79 Å². The molecule has 0 aliphatic rings. The first-order chi connectivity index (χ1) is 11.6. The van der Waals surface area contributed by atoms with Crippen LogP contribution in [0.2, 0.25) is 0 Å². The molecule has 1 aromatic carbocycles. The first-order valence-corrected chi connectivity index (χ1v) is 8.05. The largest absolute Gasteiger partial charge is 0.444 e. The second-order valence-electron chi connectivity index (χ2n) is 6.39. The molecule has 5 N–H and O–H groups in total. The number of carbonyl (C=O) groups excluding carboxylic acids is 2. The van der Waals surface area contributed by atoms with Crippen LogP contribution < -0.4 is 21.7 Å². The number of ether oxygens (including phenoxy) is 1. The lowest BCUT2D eigenvalue weighted by molar-refractivity contribution is -0.114. The van der Waals surface area contributed by atoms with E-state index in [1.165, 1.54) is 6.92 Å². The van der Waals surface area contributed by atoms with Crippen LogP contribution in [0.15, 0.2) is 23.2 Å². The van der Waals surface area contributed by atoms with Crippen molar-refractivity contribution in [3.63, 3.8) is 0 Å². The van der Waals surface area contributed by atoms with E-state index in [0.717, 1.165) is 0 Å². The lowest BCUT2D eigenvalue weighted by Gasteiger charge is -2.20. The van der Waals surface area contributed by atoms with Crippen molar-refractivity contribution in [2.75, 3.05) is 17.2 Å². The van der Waals surface area contributed by atoms with Gasteiger partial charge in [0.1, 0.15) is 5.60 Å². The summed E-state index contributed by atoms with van der Waals surface area (Å²) in [4.78, 5) is 27.3. The Bertz CT molecular complexity index is 650. The van der Waals surface area contributed by atoms with Gasteiger partial charge < -0.3 is 26.4 Å². The van der Waals surface area contributed by atoms with E-state index in [9.17, 15) is 9.59 Å². The molecule has 0 aliphatic heterocycles. The third kappa shape index (κ3) is 8.05. The SMILES string of the molecule is CCN=C(N)Nc1ccc(NC(C)=O)c(CNC(=O)OC(C)(C)C)c1. The molecule has 0 atom stereocenters. The first kappa shape index (κ1) is 20.3. The van der Waals surface area contributed by atoms with E-state index in [4.69, 9.17) is 10.5 Å². The van der Waals surface area contributed by atoms with E-state index in [2.05, 4.69) is 20.9 Å². The van der Waals surface area contributed by atoms with Crippen molar-refractivity contribution in [3.8, 4) is 0 Å². The maximum absolute atomic E-state index is 11.8. The summed E-state index contributed by atoms with van der Waals surface area (Å²) >= 11 is 0. The smallest absolute Gasteiger partial charge is 0.407 e. The van der Waals surface area contributed by atoms with Crippen LogP contribution in [0.1, 0.15) is 40.2 Å². The number of nitrogens with one attached hydrogen (secondary N) is 3. The topological polar surface area (TPSA) is 118 Å². The molecule has 0 spiro atoms. The minimum absolute atomic E-state index is 0.185. The van der Waals surface area contributed by atoms with Crippen LogP contribution in [0.5, 0.6) is 0 Å². The molecule has 1 aromatic rings. The number of alkyl carbamates (subject to hydrolysis) is 1. The Labute approximate surface area is 148 Å². The first-order valence-electron chi connectivity index (χ1n) is 8.05. The number of hydrogen-bond acceptors (Lipinski definition) is 4. The highest BCUT2D eigenvalue weighted by atomic mass is 16.6. The van der Waals surface area contributed by atoms with E-state index < -0.39 is 11.7 Å². The third-order valence-corrected chi connectivity index (χ3v) is 2.84. The van der Waals surface area contributed by atoms with Crippen molar-refractivity contribution < 1.29 is 14.3 Å². The van der Waals surface area contributed by atoms with Gasteiger partial charge in [0.05, 0.1) is 0 Å². The van der Waals surface area contributed by atoms with Crippen molar-refractivity contribution >= 4 is 29.3 Å². The standard InChI is InChI=1S/C17H27N5O3/c1-6-19-15(18)22-13-7-8-14(21-11(2)23)12(9-13)10-20-16(24)25-17(3,4)5/h7-9H,6,10H2,1-5H3,(H,20,24)(H,21,23)(H3,18,19,22). The second-order valence-corrected chi connectivity index (χ2v) is 6.39. The van der Waals surface area contributed by atoms with Crippen LogP contribution in [0, 0.1) is 0 Å². The van der Waals surface area contributed by atoms with Gasteiger partial charge in [0.15, 0.2) is 5.96 Å². The highest BCUT2D eigenvalue weighted by molar-refractivity contribution is 5.94. The molecule has 2 amide bonds. The van der Waals surface area contributed by atoms with Gasteiger partial charge in [0, 0.05) is 31.4 Å². The fourth-order valence-electron chi connectivity index (χ4n) is 1.97. The third-order valence-electron chi connectivity index (χ3n) is 2.84. The molecular formula is C17H27N5O3. The average Bonchev–Trinajstić information content (AvgIpc) is 2.45. The summed E-state index contributed by atoms with van der Waals surface area (Å²) < 4.78 is 5.22. The lowest BCUT2D eigenvalue weighted by atomic mass is 10.1. The highest BCUT2D eigenvalue weighted by Gasteiger charge is 2.16. The molecule has 0 radical (unpaired) electrons. The summed E-state index contributed by atoms with van der Waals surface area (Å²) in [5.41, 5.74) is 7.17. The lowest BCUT2D eigenvalue weighted by Crippen LogP contribution is -2.32. The number of rotatable bonds is 5. The normalized spacial score (nSPS) is 11.6. The number of aliphatic imine (C=N–C) groups is 1. The molecule has 138 valence electrons. The Kier molecular flexibility index (Phi) is 7.22. The molecule has 0 saturated carbocycles. The van der Waals surface area contributed by atoms with Crippen molar-refractivity contribution in [2.45, 2.75) is 46.8 Å². The highest BCUT2D eigenvalue weighted by Crippen LogP contribution is 2.21. The van der Waals surface area contributed by atoms with Crippen LogP contribution in [-0.4, -0.2) is 30.1 Å². The van der Waals surface area contributed by atoms with Crippen LogP contribution >= 0.6 is 0 Å². The second kappa shape index (κ2) is 8.91. The summed E-state index contributed by atoms with van der Waals surface area (Å²) in [6, 6.07) is 5.27. The van der Waals surface area contributed by atoms with Gasteiger partial charge in [-0.15, -0.1) is 0 Å². The zero-order chi connectivity index (χ0) is 19.0. The van der Waals surface area contributed by atoms with Gasteiger partial charge >= 0.3 is 6.09 Å². The molecule has 0 heterocycles. The molecule has 0 fully saturated rings. The maximum atomic E-state index is 11.8. The Morgan fingerprint density at radius 3 is 2.48 bits per heavy atom. The molecular weight excluding hydrogens is 322 g/mol. The number of guanidine groups is 1. The summed E-state index contributed by atoms with van der Waals surface area (Å²) in [5, 5.41) is 8.36. The van der Waals surface area contributed by atoms with E-state index >= 15 is 0 Å². The van der Waals surface area contributed by atoms with E-state index in [1.807, 2.05) is 6.92 Å². The Morgan fingerprint density at radius 1 is 1.24 bits per heavy atom. The van der Waals surface area contributed by atoms with E-state index in [0.29, 0.717) is 29.4 Å². The maximum Gasteiger partial charge on any atom is 0.407 e. The zero-order valence-corrected chi connectivity index (χ0v) is 15.4. The van der Waals surface area contributed by atoms with Crippen molar-refractivity contribution in [1.29, 1.82) is 0 Å². The van der Waals surface area contributed by atoms with Crippen LogP contribution in [0.25, 0.3) is 0 Å². The molecule has 25 heavy (non-hydrogen) atoms. The minimum Gasteiger partial charge on any atom is -0.444 e. The molecule has 0 saturated heterocycles. The predicted octanol–water partition coefficient (Wildman–Crippen LogP) is 2.42. The van der Waals surface area contributed by atoms with Crippen molar-refractivity contribution in [3.05, 3.63) is 23.8 Å². The Morgan fingerprint density at radius 2 is 1.92 bits per heavy atom. The molecule has 8 nitrogen and oxygen atoms in total. The van der Waals surface area contributed by atoms with Crippen molar-refractivity contribution in [1.82, 2.24) is 5.32 Å². The zero-order valence-electron chi connectivity index (χ0n) is 15.4. The molecule has 1 rings (SSSR count). The Balaban J connectivity index is 2.93. The Hall–Kier alpha value is -2.77. The van der Waals surface area contributed by atoms with Gasteiger partial charge in [0.2, 0.25) is 5.91 Å². The van der Waals surface area contributed by atoms with Gasteiger partial charge in [-0.1, -0.05) is 0 Å². The number of benzene rings is 1. The van der Waals surface area contributed by atoms with Crippen molar-refractivity contribution in [2.24, 2.45) is 10.7 Å². The quantitative estimate of drug-likeness (QED) is 0.481. The number of nitrogens with two attached hydrogens (primary N) is 1. The monoisotopic (exact) mass is 349 g/mol. The van der Waals surface area contributed by atoms with Gasteiger partial charge in [-0.2, -0.15) is 0 Å². The predicted molar refractivity (Wildman–Crippen MR) is 99.6 cm³/mol. The summed E-state index contributed by atoms with van der Waals surface area (Å²) in [7, 11) is 0. The van der Waals surface area contributed by atoms with Gasteiger partial charge in [0.25, 0.3) is 0 Å².